The maximum absolute atomic E-state index is 12.0. The third kappa shape index (κ3) is 3.98. The second-order valence-electron chi connectivity index (χ2n) is 5.14. The van der Waals surface area contributed by atoms with E-state index < -0.39 is 0 Å². The van der Waals surface area contributed by atoms with Crippen LogP contribution in [0.3, 0.4) is 0 Å². The maximum atomic E-state index is 12.0. The normalized spacial score (nSPS) is 14.2. The predicted molar refractivity (Wildman–Crippen MR) is 90.1 cm³/mol. The van der Waals surface area contributed by atoms with E-state index in [1.807, 2.05) is 53.9 Å². The first-order valence-corrected chi connectivity index (χ1v) is 8.22. The van der Waals surface area contributed by atoms with E-state index in [1.54, 1.807) is 11.3 Å². The molecule has 2 amide bonds. The lowest BCUT2D eigenvalue weighted by molar-refractivity contribution is -0.137. The van der Waals surface area contributed by atoms with Crippen LogP contribution >= 0.6 is 11.3 Å². The van der Waals surface area contributed by atoms with Gasteiger partial charge in [0.15, 0.2) is 0 Å². The zero-order chi connectivity index (χ0) is 16.1. The van der Waals surface area contributed by atoms with Gasteiger partial charge < -0.3 is 5.32 Å². The van der Waals surface area contributed by atoms with Gasteiger partial charge in [-0.15, -0.1) is 11.3 Å². The Morgan fingerprint density at radius 3 is 2.78 bits per heavy atom. The Balaban J connectivity index is 1.58. The number of hydrogen-bond donors (Lipinski definition) is 2. The first-order valence-electron chi connectivity index (χ1n) is 7.34. The van der Waals surface area contributed by atoms with Crippen molar-refractivity contribution in [2.75, 3.05) is 6.54 Å². The number of hydrazine groups is 1. The van der Waals surface area contributed by atoms with E-state index in [4.69, 9.17) is 0 Å². The lowest BCUT2D eigenvalue weighted by Crippen LogP contribution is -2.49. The van der Waals surface area contributed by atoms with Crippen LogP contribution < -0.4 is 10.7 Å². The van der Waals surface area contributed by atoms with Crippen LogP contribution in [-0.2, 0) is 16.1 Å². The summed E-state index contributed by atoms with van der Waals surface area (Å²) in [4.78, 5) is 25.1. The van der Waals surface area contributed by atoms with Crippen LogP contribution in [0, 0.1) is 0 Å². The van der Waals surface area contributed by atoms with Crippen LogP contribution in [0.1, 0.15) is 16.9 Å². The molecule has 0 bridgehead atoms. The molecule has 6 heteroatoms. The molecule has 23 heavy (non-hydrogen) atoms. The quantitative estimate of drug-likeness (QED) is 0.884. The van der Waals surface area contributed by atoms with Crippen molar-refractivity contribution in [3.63, 3.8) is 0 Å². The van der Waals surface area contributed by atoms with Gasteiger partial charge in [0, 0.05) is 11.3 Å². The van der Waals surface area contributed by atoms with Gasteiger partial charge in [0.1, 0.15) is 6.54 Å². The van der Waals surface area contributed by atoms with Gasteiger partial charge in [-0.05, 0) is 23.1 Å². The zero-order valence-corrected chi connectivity index (χ0v) is 13.3. The molecule has 0 radical (unpaired) electrons. The van der Waals surface area contributed by atoms with Gasteiger partial charge in [0.05, 0.1) is 12.2 Å². The Labute approximate surface area is 138 Å². The number of amides is 2. The first-order chi connectivity index (χ1) is 11.2. The number of thiophene rings is 1. The van der Waals surface area contributed by atoms with E-state index in [1.165, 1.54) is 5.01 Å². The molecule has 5 nitrogen and oxygen atoms in total. The molecule has 0 atom stereocenters. The molecular formula is C17H17N3O2S. The maximum Gasteiger partial charge on any atom is 0.245 e. The number of rotatable bonds is 5. The third-order valence-corrected chi connectivity index (χ3v) is 4.34. The van der Waals surface area contributed by atoms with Crippen LogP contribution in [0.15, 0.2) is 53.9 Å². The molecule has 0 unspecified atom stereocenters. The van der Waals surface area contributed by atoms with Gasteiger partial charge in [-0.3, -0.25) is 15.0 Å². The standard InChI is InChI=1S/C17H17N3O2S/c21-16(18-11-14-7-4-10-23-14)12-20-17(22)9-8-15(19-20)13-5-2-1-3-6-13/h1-8,10,19H,9,11-12H2,(H,18,21). The summed E-state index contributed by atoms with van der Waals surface area (Å²) in [6.45, 7) is 0.480. The molecule has 2 N–H and O–H groups in total. The van der Waals surface area contributed by atoms with Gasteiger partial charge >= 0.3 is 0 Å². The average Bonchev–Trinajstić information content (AvgIpc) is 3.09. The van der Waals surface area contributed by atoms with Crippen molar-refractivity contribution in [3.8, 4) is 0 Å². The topological polar surface area (TPSA) is 61.4 Å². The number of carbonyl (C=O) groups is 2. The van der Waals surface area contributed by atoms with E-state index in [2.05, 4.69) is 10.7 Å². The molecule has 2 heterocycles. The molecule has 1 aliphatic rings. The minimum atomic E-state index is -0.187. The highest BCUT2D eigenvalue weighted by Gasteiger charge is 2.21. The lowest BCUT2D eigenvalue weighted by atomic mass is 10.1. The average molecular weight is 327 g/mol. The second kappa shape index (κ2) is 7.11. The molecule has 0 spiro atoms. The Hall–Kier alpha value is -2.60. The highest BCUT2D eigenvalue weighted by Crippen LogP contribution is 2.16. The van der Waals surface area contributed by atoms with Crippen LogP contribution in [0.5, 0.6) is 0 Å². The molecular weight excluding hydrogens is 310 g/mol. The fourth-order valence-corrected chi connectivity index (χ4v) is 2.92. The van der Waals surface area contributed by atoms with E-state index in [9.17, 15) is 9.59 Å². The van der Waals surface area contributed by atoms with Crippen molar-refractivity contribution in [2.45, 2.75) is 13.0 Å². The zero-order valence-electron chi connectivity index (χ0n) is 12.5. The number of benzene rings is 1. The van der Waals surface area contributed by atoms with Crippen LogP contribution in [0.2, 0.25) is 0 Å². The molecule has 0 saturated heterocycles. The van der Waals surface area contributed by atoms with E-state index in [0.717, 1.165) is 16.1 Å². The Kier molecular flexibility index (Phi) is 4.73. The van der Waals surface area contributed by atoms with Gasteiger partial charge in [-0.2, -0.15) is 0 Å². The summed E-state index contributed by atoms with van der Waals surface area (Å²) in [7, 11) is 0. The summed E-state index contributed by atoms with van der Waals surface area (Å²) < 4.78 is 0. The third-order valence-electron chi connectivity index (χ3n) is 3.46. The van der Waals surface area contributed by atoms with Gasteiger partial charge in [0.2, 0.25) is 11.8 Å². The SMILES string of the molecule is O=C(CN1NC(c2ccccc2)=CCC1=O)NCc1cccs1. The minimum absolute atomic E-state index is 0.00557. The lowest BCUT2D eigenvalue weighted by Gasteiger charge is -2.28. The largest absolute Gasteiger partial charge is 0.350 e. The molecule has 0 aliphatic carbocycles. The number of nitrogens with one attached hydrogen (secondary N) is 2. The Morgan fingerprint density at radius 1 is 1.22 bits per heavy atom. The molecule has 3 rings (SSSR count). The highest BCUT2D eigenvalue weighted by molar-refractivity contribution is 7.09. The fourth-order valence-electron chi connectivity index (χ4n) is 2.28. The monoisotopic (exact) mass is 327 g/mol. The summed E-state index contributed by atoms with van der Waals surface area (Å²) in [5.41, 5.74) is 4.86. The smallest absolute Gasteiger partial charge is 0.245 e. The summed E-state index contributed by atoms with van der Waals surface area (Å²) in [6, 6.07) is 13.6. The van der Waals surface area contributed by atoms with Crippen molar-refractivity contribution in [1.82, 2.24) is 15.8 Å². The number of nitrogens with zero attached hydrogens (tertiary/aromatic N) is 1. The highest BCUT2D eigenvalue weighted by atomic mass is 32.1. The molecule has 0 saturated carbocycles. The van der Waals surface area contributed by atoms with Gasteiger partial charge in [0.25, 0.3) is 0 Å². The van der Waals surface area contributed by atoms with E-state index in [-0.39, 0.29) is 24.8 Å². The predicted octanol–water partition coefficient (Wildman–Crippen LogP) is 2.14. The molecule has 0 fully saturated rings. The van der Waals surface area contributed by atoms with Gasteiger partial charge in [-0.25, -0.2) is 5.01 Å². The molecule has 1 aliphatic heterocycles. The van der Waals surface area contributed by atoms with E-state index in [0.29, 0.717) is 6.54 Å². The van der Waals surface area contributed by atoms with Crippen LogP contribution in [0.4, 0.5) is 0 Å². The van der Waals surface area contributed by atoms with Crippen molar-refractivity contribution in [2.24, 2.45) is 0 Å². The van der Waals surface area contributed by atoms with Crippen molar-refractivity contribution in [1.29, 1.82) is 0 Å². The number of hydrogen-bond acceptors (Lipinski definition) is 4. The number of carbonyl (C=O) groups excluding carboxylic acids is 2. The Morgan fingerprint density at radius 2 is 2.04 bits per heavy atom. The van der Waals surface area contributed by atoms with Crippen LogP contribution in [0.25, 0.3) is 5.70 Å². The summed E-state index contributed by atoms with van der Waals surface area (Å²) in [6.07, 6.45) is 2.13. The summed E-state index contributed by atoms with van der Waals surface area (Å²) in [5, 5.41) is 6.16. The fraction of sp³-hybridized carbons (Fsp3) is 0.176. The van der Waals surface area contributed by atoms with Crippen LogP contribution in [-0.4, -0.2) is 23.4 Å². The molecule has 1 aromatic carbocycles. The molecule has 118 valence electrons. The van der Waals surface area contributed by atoms with Crippen molar-refractivity contribution >= 4 is 28.8 Å². The molecule has 1 aromatic heterocycles. The van der Waals surface area contributed by atoms with E-state index >= 15 is 0 Å². The summed E-state index contributed by atoms with van der Waals surface area (Å²) in [5.74, 6) is -0.301. The summed E-state index contributed by atoms with van der Waals surface area (Å²) >= 11 is 1.59. The van der Waals surface area contributed by atoms with Crippen molar-refractivity contribution < 1.29 is 9.59 Å². The first kappa shape index (κ1) is 15.3. The Bertz CT molecular complexity index is 711. The second-order valence-corrected chi connectivity index (χ2v) is 6.17. The van der Waals surface area contributed by atoms with Gasteiger partial charge in [-0.1, -0.05) is 36.4 Å². The molecule has 2 aromatic rings. The minimum Gasteiger partial charge on any atom is -0.350 e. The van der Waals surface area contributed by atoms with Crippen molar-refractivity contribution in [3.05, 3.63) is 64.4 Å².